The maximum absolute atomic E-state index is 12.3. The van der Waals surface area contributed by atoms with Crippen molar-refractivity contribution in [1.82, 2.24) is 24.9 Å². The molecule has 0 bridgehead atoms. The second-order valence-electron chi connectivity index (χ2n) is 6.06. The molecule has 1 amide bonds. The molecule has 4 rings (SSSR count). The van der Waals surface area contributed by atoms with Gasteiger partial charge in [0.2, 0.25) is 5.91 Å². The van der Waals surface area contributed by atoms with Gasteiger partial charge in [0, 0.05) is 6.07 Å². The van der Waals surface area contributed by atoms with Gasteiger partial charge in [0.25, 0.3) is 5.56 Å². The van der Waals surface area contributed by atoms with Crippen molar-refractivity contribution in [3.05, 3.63) is 64.3 Å². The number of rotatable bonds is 6. The predicted molar refractivity (Wildman–Crippen MR) is 104 cm³/mol. The molecule has 4 aromatic rings. The van der Waals surface area contributed by atoms with Crippen molar-refractivity contribution in [3.63, 3.8) is 0 Å². The molecule has 0 spiro atoms. The van der Waals surface area contributed by atoms with E-state index in [4.69, 9.17) is 4.52 Å². The predicted octanol–water partition coefficient (Wildman–Crippen LogP) is 2.20. The largest absolute Gasteiger partial charge is 0.360 e. The van der Waals surface area contributed by atoms with Crippen LogP contribution in [0.15, 0.2) is 57.1 Å². The van der Waals surface area contributed by atoms with Crippen LogP contribution in [-0.4, -0.2) is 36.6 Å². The molecule has 0 fully saturated rings. The number of benzene rings is 1. The Morgan fingerprint density at radius 1 is 1.32 bits per heavy atom. The first kappa shape index (κ1) is 18.0. The number of H-pyrrole nitrogens is 1. The number of carbonyl (C=O) groups is 1. The molecule has 0 aliphatic heterocycles. The van der Waals surface area contributed by atoms with Crippen molar-refractivity contribution in [3.8, 4) is 0 Å². The van der Waals surface area contributed by atoms with Gasteiger partial charge in [-0.25, -0.2) is 9.67 Å². The molecule has 0 saturated heterocycles. The Bertz CT molecular complexity index is 1180. The average Bonchev–Trinajstić information content (AvgIpc) is 3.27. The molecule has 3 heterocycles. The van der Waals surface area contributed by atoms with E-state index in [2.05, 4.69) is 25.5 Å². The van der Waals surface area contributed by atoms with Gasteiger partial charge in [-0.1, -0.05) is 47.3 Å². The van der Waals surface area contributed by atoms with Gasteiger partial charge in [0.1, 0.15) is 11.1 Å². The van der Waals surface area contributed by atoms with Crippen LogP contribution in [0.2, 0.25) is 0 Å². The minimum Gasteiger partial charge on any atom is -0.360 e. The molecule has 10 heteroatoms. The first-order valence-corrected chi connectivity index (χ1v) is 9.43. The Balaban J connectivity index is 1.50. The number of thioether (sulfide) groups is 1. The first-order valence-electron chi connectivity index (χ1n) is 8.44. The van der Waals surface area contributed by atoms with Crippen LogP contribution in [0.4, 0.5) is 5.82 Å². The zero-order valence-electron chi connectivity index (χ0n) is 14.9. The van der Waals surface area contributed by atoms with Crippen molar-refractivity contribution in [2.75, 3.05) is 11.1 Å². The van der Waals surface area contributed by atoms with Crippen LogP contribution in [-0.2, 0) is 11.3 Å². The highest BCUT2D eigenvalue weighted by atomic mass is 32.2. The Morgan fingerprint density at radius 2 is 2.14 bits per heavy atom. The lowest BCUT2D eigenvalue weighted by Gasteiger charge is -2.05. The van der Waals surface area contributed by atoms with Crippen molar-refractivity contribution in [2.24, 2.45) is 0 Å². The van der Waals surface area contributed by atoms with Gasteiger partial charge < -0.3 is 14.8 Å². The third kappa shape index (κ3) is 3.96. The van der Waals surface area contributed by atoms with E-state index in [0.29, 0.717) is 34.3 Å². The normalized spacial score (nSPS) is 11.0. The fourth-order valence-corrected chi connectivity index (χ4v) is 3.28. The molecule has 1 aromatic carbocycles. The van der Waals surface area contributed by atoms with E-state index in [1.807, 2.05) is 30.3 Å². The lowest BCUT2D eigenvalue weighted by Crippen LogP contribution is -2.16. The van der Waals surface area contributed by atoms with E-state index in [1.165, 1.54) is 6.20 Å². The van der Waals surface area contributed by atoms with E-state index >= 15 is 0 Å². The van der Waals surface area contributed by atoms with Gasteiger partial charge in [0.15, 0.2) is 16.6 Å². The first-order chi connectivity index (χ1) is 13.6. The minimum atomic E-state index is -0.292. The molecule has 9 nitrogen and oxygen atoms in total. The van der Waals surface area contributed by atoms with E-state index in [0.717, 1.165) is 17.3 Å². The summed E-state index contributed by atoms with van der Waals surface area (Å²) >= 11 is 1.12. The molecule has 0 atom stereocenters. The number of nitrogens with one attached hydrogen (secondary N) is 2. The smallest absolute Gasteiger partial charge is 0.262 e. The summed E-state index contributed by atoms with van der Waals surface area (Å²) in [6.07, 6.45) is 1.50. The SMILES string of the molecule is Cc1cc(NC(=O)CSc2nc3c(cnn3Cc3ccccc3)c(=O)[nH]2)no1. The highest BCUT2D eigenvalue weighted by molar-refractivity contribution is 7.99. The van der Waals surface area contributed by atoms with Gasteiger partial charge in [-0.15, -0.1) is 0 Å². The lowest BCUT2D eigenvalue weighted by molar-refractivity contribution is -0.113. The molecule has 2 N–H and O–H groups in total. The molecular formula is C18H16N6O3S. The summed E-state index contributed by atoms with van der Waals surface area (Å²) in [6.45, 7) is 2.23. The van der Waals surface area contributed by atoms with Gasteiger partial charge in [0.05, 0.1) is 18.5 Å². The second kappa shape index (κ2) is 7.69. The fraction of sp³-hybridized carbons (Fsp3) is 0.167. The number of aromatic amines is 1. The minimum absolute atomic E-state index is 0.0627. The highest BCUT2D eigenvalue weighted by Crippen LogP contribution is 2.16. The van der Waals surface area contributed by atoms with Crippen LogP contribution in [0.5, 0.6) is 0 Å². The summed E-state index contributed by atoms with van der Waals surface area (Å²) in [6, 6.07) is 11.4. The Morgan fingerprint density at radius 3 is 2.89 bits per heavy atom. The van der Waals surface area contributed by atoms with Gasteiger partial charge in [-0.05, 0) is 12.5 Å². The monoisotopic (exact) mass is 396 g/mol. The summed E-state index contributed by atoms with van der Waals surface area (Å²) in [7, 11) is 0. The second-order valence-corrected chi connectivity index (χ2v) is 7.02. The third-order valence-corrected chi connectivity index (χ3v) is 4.77. The molecule has 28 heavy (non-hydrogen) atoms. The van der Waals surface area contributed by atoms with Crippen LogP contribution in [0, 0.1) is 6.92 Å². The molecule has 142 valence electrons. The fourth-order valence-electron chi connectivity index (χ4n) is 2.62. The summed E-state index contributed by atoms with van der Waals surface area (Å²) in [4.78, 5) is 31.5. The molecule has 0 radical (unpaired) electrons. The molecule has 0 unspecified atom stereocenters. The van der Waals surface area contributed by atoms with Gasteiger partial charge in [-0.2, -0.15) is 5.10 Å². The number of hydrogen-bond acceptors (Lipinski definition) is 7. The van der Waals surface area contributed by atoms with E-state index in [1.54, 1.807) is 17.7 Å². The van der Waals surface area contributed by atoms with Crippen LogP contribution < -0.4 is 10.9 Å². The maximum Gasteiger partial charge on any atom is 0.262 e. The van der Waals surface area contributed by atoms with Crippen LogP contribution in [0.3, 0.4) is 0 Å². The average molecular weight is 396 g/mol. The van der Waals surface area contributed by atoms with E-state index in [-0.39, 0.29) is 17.2 Å². The maximum atomic E-state index is 12.3. The van der Waals surface area contributed by atoms with Crippen molar-refractivity contribution < 1.29 is 9.32 Å². The summed E-state index contributed by atoms with van der Waals surface area (Å²) < 4.78 is 6.57. The van der Waals surface area contributed by atoms with E-state index in [9.17, 15) is 9.59 Å². The topological polar surface area (TPSA) is 119 Å². The number of nitrogens with zero attached hydrogens (tertiary/aromatic N) is 4. The Kier molecular flexibility index (Phi) is 4.94. The highest BCUT2D eigenvalue weighted by Gasteiger charge is 2.13. The zero-order valence-corrected chi connectivity index (χ0v) is 15.7. The standard InChI is InChI=1S/C18H16N6O3S/c1-11-7-14(23-27-11)20-15(25)10-28-18-21-16-13(17(26)22-18)8-19-24(16)9-12-5-3-2-4-6-12/h2-8H,9-10H2,1H3,(H,20,23,25)(H,21,22,26). The van der Waals surface area contributed by atoms with Crippen LogP contribution in [0.25, 0.3) is 11.0 Å². The summed E-state index contributed by atoms with van der Waals surface area (Å²) in [5, 5.41) is 11.4. The molecule has 3 aromatic heterocycles. The quantitative estimate of drug-likeness (QED) is 0.379. The molecule has 0 aliphatic rings. The zero-order chi connectivity index (χ0) is 19.5. The summed E-state index contributed by atoms with van der Waals surface area (Å²) in [5.41, 5.74) is 1.23. The third-order valence-electron chi connectivity index (χ3n) is 3.89. The van der Waals surface area contributed by atoms with Crippen LogP contribution in [0.1, 0.15) is 11.3 Å². The summed E-state index contributed by atoms with van der Waals surface area (Å²) in [5.74, 6) is 0.735. The Labute approximate surface area is 163 Å². The van der Waals surface area contributed by atoms with Crippen LogP contribution >= 0.6 is 11.8 Å². The van der Waals surface area contributed by atoms with Crippen molar-refractivity contribution in [2.45, 2.75) is 18.6 Å². The number of hydrogen-bond donors (Lipinski definition) is 2. The van der Waals surface area contributed by atoms with Crippen molar-refractivity contribution in [1.29, 1.82) is 0 Å². The van der Waals surface area contributed by atoms with Gasteiger partial charge in [-0.3, -0.25) is 9.59 Å². The molecular weight excluding hydrogens is 380 g/mol. The number of anilines is 1. The van der Waals surface area contributed by atoms with E-state index < -0.39 is 0 Å². The molecule has 0 aliphatic carbocycles. The number of aromatic nitrogens is 5. The Hall–Kier alpha value is -3.40. The molecule has 0 saturated carbocycles. The number of amides is 1. The number of carbonyl (C=O) groups excluding carboxylic acids is 1. The van der Waals surface area contributed by atoms with Crippen molar-refractivity contribution >= 4 is 34.5 Å². The van der Waals surface area contributed by atoms with Gasteiger partial charge >= 0.3 is 0 Å². The lowest BCUT2D eigenvalue weighted by atomic mass is 10.2. The number of fused-ring (bicyclic) bond motifs is 1. The number of aryl methyl sites for hydroxylation is 1.